The molecule has 3 heteroatoms. The van der Waals surface area contributed by atoms with Gasteiger partial charge in [0.2, 0.25) is 5.91 Å². The quantitative estimate of drug-likeness (QED) is 0.907. The van der Waals surface area contributed by atoms with E-state index in [1.165, 1.54) is 11.1 Å². The number of rotatable bonds is 3. The van der Waals surface area contributed by atoms with E-state index in [9.17, 15) is 9.59 Å². The minimum absolute atomic E-state index is 0.0171. The molecular weight excluding hydrogens is 238 g/mol. The number of amides is 1. The first kappa shape index (κ1) is 13.8. The SMILES string of the molecule is Cc1ccc(CNC(=O)C2CCC(=O)CC2)c(C)c1. The lowest BCUT2D eigenvalue weighted by atomic mass is 9.88. The first-order valence-corrected chi connectivity index (χ1v) is 6.92. The van der Waals surface area contributed by atoms with Crippen molar-refractivity contribution in [1.82, 2.24) is 5.32 Å². The summed E-state index contributed by atoms with van der Waals surface area (Å²) in [5.74, 6) is 0.398. The molecule has 1 aliphatic carbocycles. The van der Waals surface area contributed by atoms with Crippen molar-refractivity contribution in [3.63, 3.8) is 0 Å². The van der Waals surface area contributed by atoms with Gasteiger partial charge in [-0.3, -0.25) is 9.59 Å². The zero-order valence-corrected chi connectivity index (χ0v) is 11.7. The molecule has 1 aromatic carbocycles. The van der Waals surface area contributed by atoms with Crippen LogP contribution in [0.4, 0.5) is 0 Å². The van der Waals surface area contributed by atoms with Gasteiger partial charge >= 0.3 is 0 Å². The van der Waals surface area contributed by atoms with Crippen LogP contribution in [0.25, 0.3) is 0 Å². The molecule has 0 unspecified atom stereocenters. The van der Waals surface area contributed by atoms with Crippen molar-refractivity contribution in [3.8, 4) is 0 Å². The van der Waals surface area contributed by atoms with Gasteiger partial charge in [0.05, 0.1) is 0 Å². The predicted octanol–water partition coefficient (Wildman–Crippen LogP) is 2.68. The van der Waals surface area contributed by atoms with E-state index >= 15 is 0 Å². The Bertz CT molecular complexity index is 484. The molecule has 1 fully saturated rings. The van der Waals surface area contributed by atoms with Crippen LogP contribution in [0.1, 0.15) is 42.4 Å². The van der Waals surface area contributed by atoms with Crippen LogP contribution in [0.3, 0.4) is 0 Å². The molecule has 102 valence electrons. The fourth-order valence-electron chi connectivity index (χ4n) is 2.57. The van der Waals surface area contributed by atoms with Crippen LogP contribution < -0.4 is 5.32 Å². The minimum Gasteiger partial charge on any atom is -0.352 e. The largest absolute Gasteiger partial charge is 0.352 e. The first-order valence-electron chi connectivity index (χ1n) is 6.92. The fraction of sp³-hybridized carbons (Fsp3) is 0.500. The average Bonchev–Trinajstić information content (AvgIpc) is 2.38. The van der Waals surface area contributed by atoms with Gasteiger partial charge in [0, 0.05) is 25.3 Å². The molecule has 0 spiro atoms. The highest BCUT2D eigenvalue weighted by Gasteiger charge is 2.24. The van der Waals surface area contributed by atoms with Crippen LogP contribution in [0.2, 0.25) is 0 Å². The van der Waals surface area contributed by atoms with E-state index in [0.717, 1.165) is 5.56 Å². The molecule has 1 amide bonds. The van der Waals surface area contributed by atoms with Crippen molar-refractivity contribution in [3.05, 3.63) is 34.9 Å². The molecule has 0 aliphatic heterocycles. The standard InChI is InChI=1S/C16H21NO2/c1-11-3-4-14(12(2)9-11)10-17-16(19)13-5-7-15(18)8-6-13/h3-4,9,13H,5-8,10H2,1-2H3,(H,17,19). The molecule has 0 heterocycles. The Kier molecular flexibility index (Phi) is 4.35. The van der Waals surface area contributed by atoms with Gasteiger partial charge in [0.1, 0.15) is 5.78 Å². The average molecular weight is 259 g/mol. The summed E-state index contributed by atoms with van der Waals surface area (Å²) in [6.07, 6.45) is 2.53. The van der Waals surface area contributed by atoms with Gasteiger partial charge in [0.15, 0.2) is 0 Å². The minimum atomic E-state index is 0.0171. The highest BCUT2D eigenvalue weighted by Crippen LogP contribution is 2.21. The maximum atomic E-state index is 12.0. The van der Waals surface area contributed by atoms with Crippen LogP contribution in [0.5, 0.6) is 0 Å². The molecule has 0 saturated heterocycles. The molecule has 1 saturated carbocycles. The number of Topliss-reactive ketones (excluding diaryl/α,β-unsaturated/α-hetero) is 1. The fourth-order valence-corrected chi connectivity index (χ4v) is 2.57. The topological polar surface area (TPSA) is 46.2 Å². The van der Waals surface area contributed by atoms with E-state index in [-0.39, 0.29) is 11.8 Å². The number of hydrogen-bond donors (Lipinski definition) is 1. The maximum absolute atomic E-state index is 12.0. The van der Waals surface area contributed by atoms with Crippen LogP contribution in [0, 0.1) is 19.8 Å². The number of carbonyl (C=O) groups is 2. The van der Waals surface area contributed by atoms with Crippen molar-refractivity contribution in [2.45, 2.75) is 46.1 Å². The molecule has 0 aromatic heterocycles. The van der Waals surface area contributed by atoms with Gasteiger partial charge < -0.3 is 5.32 Å². The number of hydrogen-bond acceptors (Lipinski definition) is 2. The Morgan fingerprint density at radius 3 is 2.58 bits per heavy atom. The Balaban J connectivity index is 1.88. The summed E-state index contributed by atoms with van der Waals surface area (Å²) in [5, 5.41) is 2.99. The smallest absolute Gasteiger partial charge is 0.223 e. The predicted molar refractivity (Wildman–Crippen MR) is 74.7 cm³/mol. The molecule has 0 bridgehead atoms. The molecule has 1 aliphatic rings. The van der Waals surface area contributed by atoms with Gasteiger partial charge in [-0.1, -0.05) is 23.8 Å². The zero-order chi connectivity index (χ0) is 13.8. The lowest BCUT2D eigenvalue weighted by Gasteiger charge is -2.20. The summed E-state index contributed by atoms with van der Waals surface area (Å²) < 4.78 is 0. The monoisotopic (exact) mass is 259 g/mol. The number of aryl methyl sites for hydroxylation is 2. The number of ketones is 1. The Hall–Kier alpha value is -1.64. The highest BCUT2D eigenvalue weighted by molar-refractivity contribution is 5.84. The van der Waals surface area contributed by atoms with E-state index in [4.69, 9.17) is 0 Å². The second-order valence-electron chi connectivity index (χ2n) is 5.46. The molecule has 3 nitrogen and oxygen atoms in total. The van der Waals surface area contributed by atoms with Crippen molar-refractivity contribution >= 4 is 11.7 Å². The Labute approximate surface area is 114 Å². The van der Waals surface area contributed by atoms with Gasteiger partial charge in [-0.15, -0.1) is 0 Å². The van der Waals surface area contributed by atoms with E-state index in [1.54, 1.807) is 0 Å². The third-order valence-electron chi connectivity index (χ3n) is 3.87. The maximum Gasteiger partial charge on any atom is 0.223 e. The van der Waals surface area contributed by atoms with E-state index < -0.39 is 0 Å². The lowest BCUT2D eigenvalue weighted by molar-refractivity contribution is -0.128. The summed E-state index contributed by atoms with van der Waals surface area (Å²) >= 11 is 0. The zero-order valence-electron chi connectivity index (χ0n) is 11.7. The third kappa shape index (κ3) is 3.66. The Morgan fingerprint density at radius 1 is 1.26 bits per heavy atom. The van der Waals surface area contributed by atoms with Crippen LogP contribution in [-0.2, 0) is 16.1 Å². The second kappa shape index (κ2) is 6.00. The van der Waals surface area contributed by atoms with E-state index in [1.807, 2.05) is 0 Å². The second-order valence-corrected chi connectivity index (χ2v) is 5.46. The lowest BCUT2D eigenvalue weighted by Crippen LogP contribution is -2.33. The summed E-state index contributed by atoms with van der Waals surface area (Å²) in [5.41, 5.74) is 3.60. The number of benzene rings is 1. The van der Waals surface area contributed by atoms with E-state index in [0.29, 0.717) is 38.0 Å². The van der Waals surface area contributed by atoms with Crippen molar-refractivity contribution < 1.29 is 9.59 Å². The molecule has 0 radical (unpaired) electrons. The first-order chi connectivity index (χ1) is 9.06. The van der Waals surface area contributed by atoms with Crippen LogP contribution in [0.15, 0.2) is 18.2 Å². The van der Waals surface area contributed by atoms with Gasteiger partial charge in [-0.25, -0.2) is 0 Å². The molecule has 0 atom stereocenters. The number of nitrogens with one attached hydrogen (secondary N) is 1. The van der Waals surface area contributed by atoms with Gasteiger partial charge in [0.25, 0.3) is 0 Å². The van der Waals surface area contributed by atoms with Crippen molar-refractivity contribution in [1.29, 1.82) is 0 Å². The normalized spacial score (nSPS) is 16.4. The van der Waals surface area contributed by atoms with Crippen LogP contribution in [-0.4, -0.2) is 11.7 Å². The van der Waals surface area contributed by atoms with E-state index in [2.05, 4.69) is 37.4 Å². The molecule has 1 aromatic rings. The van der Waals surface area contributed by atoms with Crippen molar-refractivity contribution in [2.24, 2.45) is 5.92 Å². The van der Waals surface area contributed by atoms with Gasteiger partial charge in [-0.2, -0.15) is 0 Å². The summed E-state index contributed by atoms with van der Waals surface area (Å²) in [4.78, 5) is 23.2. The Morgan fingerprint density at radius 2 is 1.95 bits per heavy atom. The van der Waals surface area contributed by atoms with Gasteiger partial charge in [-0.05, 0) is 37.8 Å². The third-order valence-corrected chi connectivity index (χ3v) is 3.87. The summed E-state index contributed by atoms with van der Waals surface area (Å²) in [6.45, 7) is 4.71. The number of carbonyl (C=O) groups excluding carboxylic acids is 2. The van der Waals surface area contributed by atoms with Crippen LogP contribution >= 0.6 is 0 Å². The molecular formula is C16H21NO2. The molecule has 1 N–H and O–H groups in total. The summed E-state index contributed by atoms with van der Waals surface area (Å²) in [6, 6.07) is 6.25. The highest BCUT2D eigenvalue weighted by atomic mass is 16.2. The molecule has 2 rings (SSSR count). The molecule has 19 heavy (non-hydrogen) atoms. The summed E-state index contributed by atoms with van der Waals surface area (Å²) in [7, 11) is 0. The van der Waals surface area contributed by atoms with Crippen molar-refractivity contribution in [2.75, 3.05) is 0 Å².